The first kappa shape index (κ1) is 78.8. The van der Waals surface area contributed by atoms with Crippen LogP contribution in [0.2, 0.25) is 0 Å². The third-order valence-corrected chi connectivity index (χ3v) is 18.2. The number of aliphatic hydroxyl groups is 2. The van der Waals surface area contributed by atoms with Gasteiger partial charge in [-0.05, 0) is 102 Å². The molecule has 0 fully saturated rings. The summed E-state index contributed by atoms with van der Waals surface area (Å²) in [5.74, 6) is 0.968. The number of aliphatic hydroxyl groups excluding tert-OH is 2. The zero-order valence-corrected chi connectivity index (χ0v) is 59.9. The van der Waals surface area contributed by atoms with Gasteiger partial charge in [-0.3, -0.25) is 28.8 Å². The van der Waals surface area contributed by atoms with Gasteiger partial charge < -0.3 is 68.9 Å². The van der Waals surface area contributed by atoms with Gasteiger partial charge in [0.15, 0.2) is 57.3 Å². The summed E-state index contributed by atoms with van der Waals surface area (Å²) in [7, 11) is 2.68. The van der Waals surface area contributed by atoms with Gasteiger partial charge in [0.2, 0.25) is 0 Å². The molecule has 3 atom stereocenters. The Kier molecular flexibility index (Phi) is 34.4. The molecule has 0 aliphatic rings. The molecule has 0 saturated heterocycles. The van der Waals surface area contributed by atoms with Crippen molar-refractivity contribution < 1.29 is 75.9 Å². The van der Waals surface area contributed by atoms with E-state index in [2.05, 4.69) is 64.0 Å². The molecule has 7 N–H and O–H groups in total. The van der Waals surface area contributed by atoms with Crippen LogP contribution in [0.5, 0.6) is 0 Å². The number of ether oxygens (including phenoxy) is 2. The molecule has 0 aromatic carbocycles. The van der Waals surface area contributed by atoms with Gasteiger partial charge in [-0.1, -0.05) is 116 Å². The number of carbonyl (C=O) groups is 7. The third-order valence-electron chi connectivity index (χ3n) is 13.8. The van der Waals surface area contributed by atoms with Crippen LogP contribution in [0.25, 0.3) is 53.2 Å². The van der Waals surface area contributed by atoms with Crippen molar-refractivity contribution in [2.24, 2.45) is 5.92 Å². The molecule has 0 saturated carbocycles. The fourth-order valence-corrected chi connectivity index (χ4v) is 12.1. The number of esters is 2. The van der Waals surface area contributed by atoms with Gasteiger partial charge in [-0.15, -0.1) is 56.7 Å². The molecule has 0 aliphatic carbocycles. The van der Waals surface area contributed by atoms with Crippen LogP contribution < -0.4 is 26.6 Å². The second-order valence-electron chi connectivity index (χ2n) is 22.0. The lowest BCUT2D eigenvalue weighted by molar-refractivity contribution is -0.143. The van der Waals surface area contributed by atoms with Gasteiger partial charge in [0.25, 0.3) is 29.5 Å². The average Bonchev–Trinajstić information content (AvgIpc) is 1.79. The van der Waals surface area contributed by atoms with Crippen molar-refractivity contribution in [2.75, 3.05) is 40.5 Å². The Morgan fingerprint density at radius 3 is 1.06 bits per heavy atom. The average molecular weight is 1460 g/mol. The molecule has 26 nitrogen and oxygen atoms in total. The lowest BCUT2D eigenvalue weighted by atomic mass is 10.0. The number of aromatic nitrogens is 5. The first-order valence-electron chi connectivity index (χ1n) is 31.9. The molecule has 31 heteroatoms. The number of amides is 5. The number of carbonyl (C=O) groups excluding carboxylic acids is 7. The Hall–Kier alpha value is -9.24. The number of hydrogen-bond acceptors (Lipinski definition) is 26. The normalized spacial score (nSPS) is 11.5. The Balaban J connectivity index is 0.000000196. The Bertz CT molecular complexity index is 3830. The highest BCUT2D eigenvalue weighted by molar-refractivity contribution is 7.14. The van der Waals surface area contributed by atoms with Crippen LogP contribution in [-0.4, -0.2) is 136 Å². The highest BCUT2D eigenvalue weighted by Crippen LogP contribution is 2.29. The summed E-state index contributed by atoms with van der Waals surface area (Å²) in [6, 6.07) is 26.0. The Morgan fingerprint density at radius 1 is 0.444 bits per heavy atom. The van der Waals surface area contributed by atoms with E-state index < -0.39 is 17.9 Å². The molecule has 0 aliphatic heterocycles. The zero-order valence-electron chi connectivity index (χ0n) is 55.9. The van der Waals surface area contributed by atoms with Gasteiger partial charge in [-0.2, -0.15) is 0 Å². The maximum Gasteiger partial charge on any atom is 0.328 e. The van der Waals surface area contributed by atoms with Crippen molar-refractivity contribution in [3.63, 3.8) is 0 Å². The maximum absolute atomic E-state index is 12.2. The fraction of sp³-hybridized carbons (Fsp3) is 0.382. The second kappa shape index (κ2) is 43.2. The maximum atomic E-state index is 12.2. The number of unbranched alkanes of at least 4 members (excludes halogenated alkanes) is 3. The summed E-state index contributed by atoms with van der Waals surface area (Å²) >= 11 is 7.62. The lowest BCUT2D eigenvalue weighted by Crippen LogP contribution is -2.42. The molecule has 5 amide bonds. The molecule has 0 bridgehead atoms. The van der Waals surface area contributed by atoms with Gasteiger partial charge in [0.1, 0.15) is 6.04 Å². The van der Waals surface area contributed by atoms with Crippen molar-refractivity contribution >= 4 is 98.2 Å². The molecule has 0 unspecified atom stereocenters. The number of methoxy groups -OCH3 is 2. The van der Waals surface area contributed by atoms with Crippen LogP contribution in [0.1, 0.15) is 158 Å². The van der Waals surface area contributed by atoms with E-state index in [1.54, 1.807) is 41.7 Å². The van der Waals surface area contributed by atoms with Crippen LogP contribution >= 0.6 is 56.7 Å². The number of rotatable bonds is 31. The lowest BCUT2D eigenvalue weighted by Gasteiger charge is -2.17. The predicted molar refractivity (Wildman–Crippen MR) is 378 cm³/mol. The molecule has 10 aromatic rings. The minimum absolute atomic E-state index is 0.0742. The van der Waals surface area contributed by atoms with Crippen molar-refractivity contribution in [1.82, 2.24) is 52.4 Å². The van der Waals surface area contributed by atoms with Crippen LogP contribution in [0.4, 0.5) is 0 Å². The first-order valence-corrected chi connectivity index (χ1v) is 36.3. The molecular weight excluding hydrogens is 1370 g/mol. The Morgan fingerprint density at radius 2 is 0.778 bits per heavy atom. The number of thiophene rings is 5. The highest BCUT2D eigenvalue weighted by Gasteiger charge is 2.26. The predicted octanol–water partition coefficient (Wildman–Crippen LogP) is 13.1. The van der Waals surface area contributed by atoms with Crippen molar-refractivity contribution in [1.29, 1.82) is 0 Å². The van der Waals surface area contributed by atoms with Gasteiger partial charge in [0.05, 0.1) is 63.9 Å². The molecule has 10 aromatic heterocycles. The van der Waals surface area contributed by atoms with E-state index in [0.717, 1.165) is 82.2 Å². The fourth-order valence-electron chi connectivity index (χ4n) is 8.71. The molecule has 0 spiro atoms. The van der Waals surface area contributed by atoms with E-state index in [1.807, 2.05) is 115 Å². The van der Waals surface area contributed by atoms with Crippen LogP contribution in [0.15, 0.2) is 141 Å². The van der Waals surface area contributed by atoms with Gasteiger partial charge >= 0.3 is 11.9 Å². The minimum Gasteiger partial charge on any atom is -0.469 e. The van der Waals surface area contributed by atoms with E-state index >= 15 is 0 Å². The summed E-state index contributed by atoms with van der Waals surface area (Å²) in [4.78, 5) is 87.0. The zero-order chi connectivity index (χ0) is 71.3. The molecule has 99 heavy (non-hydrogen) atoms. The quantitative estimate of drug-likeness (QED) is 0.0157. The standard InChI is InChI=1S/2C15H18N2O4S.2C13H16N2O3S.C12H14N2O2S/c1-9(2)7-11(15(19)20-3)16-14(18)10-8-12(21-17-10)13-5-4-6-22-13;1-20-14(18)7-3-2-4-8-16-15(19)11-10-12(21-17-11)13-6-5-9-22-13;2*1-2-4-9(8-16)14-13(17)10-7-11(18-15-10)12-5-3-6-19-12;1-2-3-6-13-12(15)9-8-10(16-14-9)11-5-4-7-17-11/h4-6,8-9,11H,7H2,1-3H3,(H,16,18);5-6,9-10H,2-4,7-8H2,1H3,(H,16,19);2*3,5-7,9,16H,2,4,8H2,1H3,(H,14,17);4-5,7-8H,2-3,6H2,1H3,(H,13,15)/t11-;;2*9-;/m1.10./s1. The smallest absolute Gasteiger partial charge is 0.328 e. The van der Waals surface area contributed by atoms with E-state index in [0.29, 0.717) is 60.4 Å². The number of nitrogens with zero attached hydrogens (tertiary/aromatic N) is 5. The SMILES string of the molecule is CCCCNC(=O)c1cc(-c2cccs2)on1.CCC[C@@H](CO)NC(=O)c1cc(-c2cccs2)on1.CCC[C@H](CO)NC(=O)c1cc(-c2cccs2)on1.COC(=O)CCCCCNC(=O)c1cc(-c2cccs2)on1.COC(=O)[C@@H](CC(C)C)NC(=O)c1cc(-c2cccs2)on1. The van der Waals surface area contributed by atoms with Crippen LogP contribution in [-0.2, 0) is 19.1 Å². The molecule has 530 valence electrons. The minimum atomic E-state index is -0.695. The van der Waals surface area contributed by atoms with Crippen molar-refractivity contribution in [3.8, 4) is 53.2 Å². The molecule has 10 rings (SSSR count). The summed E-state index contributed by atoms with van der Waals surface area (Å²) in [6.07, 6.45) is 8.61. The monoisotopic (exact) mass is 1450 g/mol. The topological polar surface area (TPSA) is 369 Å². The second-order valence-corrected chi connectivity index (χ2v) is 26.7. The summed E-state index contributed by atoms with van der Waals surface area (Å²) in [6.45, 7) is 11.1. The van der Waals surface area contributed by atoms with Gasteiger partial charge in [-0.25, -0.2) is 4.79 Å². The highest BCUT2D eigenvalue weighted by atomic mass is 32.1. The molecule has 10 heterocycles. The van der Waals surface area contributed by atoms with Crippen LogP contribution in [0, 0.1) is 5.92 Å². The molecular formula is C68H82N10O16S5. The van der Waals surface area contributed by atoms with E-state index in [1.165, 1.54) is 59.6 Å². The van der Waals surface area contributed by atoms with Crippen LogP contribution in [0.3, 0.4) is 0 Å². The largest absolute Gasteiger partial charge is 0.469 e. The summed E-state index contributed by atoms with van der Waals surface area (Å²) in [5.41, 5.74) is 1.22. The Labute approximate surface area is 592 Å². The summed E-state index contributed by atoms with van der Waals surface area (Å²) in [5, 5.41) is 60.5. The van der Waals surface area contributed by atoms with Crippen molar-refractivity contribution in [3.05, 3.63) is 146 Å². The van der Waals surface area contributed by atoms with E-state index in [-0.39, 0.29) is 83.6 Å². The summed E-state index contributed by atoms with van der Waals surface area (Å²) < 4.78 is 35.0. The van der Waals surface area contributed by atoms with Crippen molar-refractivity contribution in [2.45, 2.75) is 123 Å². The first-order chi connectivity index (χ1) is 48.0. The third kappa shape index (κ3) is 26.5. The van der Waals surface area contributed by atoms with Gasteiger partial charge in [0, 0.05) is 49.8 Å². The number of hydrogen-bond donors (Lipinski definition) is 7. The van der Waals surface area contributed by atoms with E-state index in [4.69, 9.17) is 37.6 Å². The van der Waals surface area contributed by atoms with E-state index in [9.17, 15) is 33.6 Å². The molecule has 0 radical (unpaired) electrons. The number of nitrogens with one attached hydrogen (secondary N) is 5.